The molecule has 0 radical (unpaired) electrons. The average Bonchev–Trinajstić information content (AvgIpc) is 2.89. The van der Waals surface area contributed by atoms with Gasteiger partial charge in [0.05, 0.1) is 0 Å². The molecule has 0 atom stereocenters. The Labute approximate surface area is 138 Å². The summed E-state index contributed by atoms with van der Waals surface area (Å²) < 4.78 is 3.40. The highest BCUT2D eigenvalue weighted by atomic mass is 35.5. The van der Waals surface area contributed by atoms with Gasteiger partial charge in [-0.15, -0.1) is 0 Å². The standard InChI is InChI=1S/C17H13ClN4O/c1-12-20-14(7-6-13-8-9-19-15(18)10-13)11-22(12)16-4-3-5-17(23)21(16)2/h3-5,8-11H,1-2H3. The van der Waals surface area contributed by atoms with Crippen LogP contribution in [0.4, 0.5) is 0 Å². The van der Waals surface area contributed by atoms with Crippen molar-refractivity contribution in [1.82, 2.24) is 19.1 Å². The minimum Gasteiger partial charge on any atom is -0.297 e. The van der Waals surface area contributed by atoms with E-state index in [-0.39, 0.29) is 5.56 Å². The number of hydrogen-bond acceptors (Lipinski definition) is 3. The van der Waals surface area contributed by atoms with E-state index in [9.17, 15) is 4.79 Å². The molecule has 0 saturated heterocycles. The molecule has 0 fully saturated rings. The predicted molar refractivity (Wildman–Crippen MR) is 88.8 cm³/mol. The fraction of sp³-hybridized carbons (Fsp3) is 0.118. The summed E-state index contributed by atoms with van der Waals surface area (Å²) >= 11 is 5.84. The second kappa shape index (κ2) is 6.11. The highest BCUT2D eigenvalue weighted by Gasteiger charge is 2.07. The minimum atomic E-state index is -0.0744. The van der Waals surface area contributed by atoms with Gasteiger partial charge in [0.1, 0.15) is 22.5 Å². The van der Waals surface area contributed by atoms with Crippen molar-refractivity contribution < 1.29 is 0 Å². The minimum absolute atomic E-state index is 0.0744. The Hall–Kier alpha value is -2.84. The van der Waals surface area contributed by atoms with Gasteiger partial charge in [-0.05, 0) is 31.0 Å². The maximum absolute atomic E-state index is 11.8. The smallest absolute Gasteiger partial charge is 0.251 e. The third-order valence-electron chi connectivity index (χ3n) is 3.35. The third kappa shape index (κ3) is 3.17. The fourth-order valence-electron chi connectivity index (χ4n) is 2.18. The van der Waals surface area contributed by atoms with Crippen LogP contribution in [0.3, 0.4) is 0 Å². The van der Waals surface area contributed by atoms with Gasteiger partial charge in [-0.1, -0.05) is 23.6 Å². The molecule has 0 aliphatic heterocycles. The topological polar surface area (TPSA) is 52.7 Å². The molecule has 0 spiro atoms. The molecule has 3 aromatic heterocycles. The van der Waals surface area contributed by atoms with E-state index in [2.05, 4.69) is 21.8 Å². The predicted octanol–water partition coefficient (Wildman–Crippen LogP) is 2.33. The molecule has 0 N–H and O–H groups in total. The van der Waals surface area contributed by atoms with E-state index in [1.807, 2.05) is 17.6 Å². The monoisotopic (exact) mass is 324 g/mol. The molecule has 0 aliphatic rings. The lowest BCUT2D eigenvalue weighted by molar-refractivity contribution is 0.779. The molecule has 0 aromatic carbocycles. The van der Waals surface area contributed by atoms with Crippen LogP contribution in [0, 0.1) is 18.8 Å². The average molecular weight is 325 g/mol. The Morgan fingerprint density at radius 2 is 2.04 bits per heavy atom. The number of pyridine rings is 2. The first-order valence-corrected chi connectivity index (χ1v) is 7.28. The molecule has 5 nitrogen and oxygen atoms in total. The van der Waals surface area contributed by atoms with E-state index in [4.69, 9.17) is 11.6 Å². The Kier molecular flexibility index (Phi) is 4.00. The molecule has 3 rings (SSSR count). The van der Waals surface area contributed by atoms with Crippen molar-refractivity contribution in [3.63, 3.8) is 0 Å². The van der Waals surface area contributed by atoms with Crippen molar-refractivity contribution in [3.05, 3.63) is 75.3 Å². The first-order chi connectivity index (χ1) is 11.0. The van der Waals surface area contributed by atoms with Crippen LogP contribution in [0.5, 0.6) is 0 Å². The van der Waals surface area contributed by atoms with Crippen molar-refractivity contribution in [2.45, 2.75) is 6.92 Å². The Morgan fingerprint density at radius 1 is 1.22 bits per heavy atom. The molecule has 6 heteroatoms. The maximum Gasteiger partial charge on any atom is 0.251 e. The highest BCUT2D eigenvalue weighted by Crippen LogP contribution is 2.10. The SMILES string of the molecule is Cc1nc(C#Cc2ccnc(Cl)c2)cn1-c1cccc(=O)n1C. The summed E-state index contributed by atoms with van der Waals surface area (Å²) in [4.78, 5) is 20.1. The van der Waals surface area contributed by atoms with Gasteiger partial charge in [-0.25, -0.2) is 9.97 Å². The fourth-order valence-corrected chi connectivity index (χ4v) is 2.35. The zero-order valence-electron chi connectivity index (χ0n) is 12.6. The Morgan fingerprint density at radius 3 is 2.83 bits per heavy atom. The number of nitrogens with zero attached hydrogens (tertiary/aromatic N) is 4. The van der Waals surface area contributed by atoms with E-state index in [1.54, 1.807) is 42.2 Å². The van der Waals surface area contributed by atoms with Gasteiger partial charge in [0.25, 0.3) is 5.56 Å². The largest absolute Gasteiger partial charge is 0.297 e. The van der Waals surface area contributed by atoms with E-state index in [0.717, 1.165) is 17.2 Å². The summed E-state index contributed by atoms with van der Waals surface area (Å²) in [7, 11) is 1.72. The summed E-state index contributed by atoms with van der Waals surface area (Å²) in [6.07, 6.45) is 3.41. The van der Waals surface area contributed by atoms with Crippen LogP contribution in [0.2, 0.25) is 5.15 Å². The number of hydrogen-bond donors (Lipinski definition) is 0. The zero-order valence-corrected chi connectivity index (χ0v) is 13.4. The number of imidazole rings is 1. The first-order valence-electron chi connectivity index (χ1n) is 6.90. The van der Waals surface area contributed by atoms with Crippen LogP contribution in [-0.4, -0.2) is 19.1 Å². The first kappa shape index (κ1) is 15.1. The molecular formula is C17H13ClN4O. The van der Waals surface area contributed by atoms with E-state index in [0.29, 0.717) is 10.8 Å². The lowest BCUT2D eigenvalue weighted by Gasteiger charge is -2.09. The lowest BCUT2D eigenvalue weighted by Crippen LogP contribution is -2.19. The Bertz CT molecular complexity index is 992. The van der Waals surface area contributed by atoms with Gasteiger partial charge in [-0.2, -0.15) is 0 Å². The van der Waals surface area contributed by atoms with Gasteiger partial charge in [0.2, 0.25) is 0 Å². The Balaban J connectivity index is 1.99. The molecule has 0 saturated carbocycles. The third-order valence-corrected chi connectivity index (χ3v) is 3.56. The van der Waals surface area contributed by atoms with Gasteiger partial charge in [0, 0.05) is 31.1 Å². The van der Waals surface area contributed by atoms with Gasteiger partial charge < -0.3 is 0 Å². The van der Waals surface area contributed by atoms with Crippen molar-refractivity contribution in [1.29, 1.82) is 0 Å². The molecule has 0 aliphatic carbocycles. The molecule has 0 bridgehead atoms. The summed E-state index contributed by atoms with van der Waals surface area (Å²) in [5.74, 6) is 7.49. The van der Waals surface area contributed by atoms with Gasteiger partial charge in [-0.3, -0.25) is 13.9 Å². The molecule has 0 unspecified atom stereocenters. The zero-order chi connectivity index (χ0) is 16.4. The maximum atomic E-state index is 11.8. The summed E-state index contributed by atoms with van der Waals surface area (Å²) in [5.41, 5.74) is 1.31. The molecule has 0 amide bonds. The van der Waals surface area contributed by atoms with E-state index in [1.165, 1.54) is 6.07 Å². The van der Waals surface area contributed by atoms with Crippen LogP contribution in [-0.2, 0) is 7.05 Å². The molecule has 3 aromatic rings. The summed E-state index contributed by atoms with van der Waals surface area (Å²) in [5, 5.41) is 0.401. The second-order valence-corrected chi connectivity index (χ2v) is 5.33. The van der Waals surface area contributed by atoms with Crippen LogP contribution in [0.15, 0.2) is 47.5 Å². The number of aryl methyl sites for hydroxylation is 1. The van der Waals surface area contributed by atoms with Crippen molar-refractivity contribution in [3.8, 4) is 17.7 Å². The normalized spacial score (nSPS) is 10.2. The summed E-state index contributed by atoms with van der Waals surface area (Å²) in [6, 6.07) is 8.57. The number of halogens is 1. The van der Waals surface area contributed by atoms with Crippen LogP contribution >= 0.6 is 11.6 Å². The van der Waals surface area contributed by atoms with E-state index >= 15 is 0 Å². The van der Waals surface area contributed by atoms with Crippen LogP contribution in [0.1, 0.15) is 17.1 Å². The van der Waals surface area contributed by atoms with Gasteiger partial charge in [0.15, 0.2) is 0 Å². The molecule has 3 heterocycles. The van der Waals surface area contributed by atoms with E-state index < -0.39 is 0 Å². The van der Waals surface area contributed by atoms with Gasteiger partial charge >= 0.3 is 0 Å². The quantitative estimate of drug-likeness (QED) is 0.510. The lowest BCUT2D eigenvalue weighted by atomic mass is 10.3. The number of aromatic nitrogens is 4. The molecule has 23 heavy (non-hydrogen) atoms. The van der Waals surface area contributed by atoms with Crippen molar-refractivity contribution in [2.75, 3.05) is 0 Å². The highest BCUT2D eigenvalue weighted by molar-refractivity contribution is 6.29. The summed E-state index contributed by atoms with van der Waals surface area (Å²) in [6.45, 7) is 1.87. The second-order valence-electron chi connectivity index (χ2n) is 4.94. The van der Waals surface area contributed by atoms with Crippen LogP contribution in [0.25, 0.3) is 5.82 Å². The number of rotatable bonds is 1. The molecular weight excluding hydrogens is 312 g/mol. The van der Waals surface area contributed by atoms with Crippen molar-refractivity contribution in [2.24, 2.45) is 7.05 Å². The van der Waals surface area contributed by atoms with Crippen molar-refractivity contribution >= 4 is 11.6 Å². The van der Waals surface area contributed by atoms with Crippen LogP contribution < -0.4 is 5.56 Å². The molecule has 114 valence electrons.